The molecule has 2 aromatic carbocycles. The third-order valence-electron chi connectivity index (χ3n) is 3.79. The largest absolute Gasteiger partial charge is 0.317 e. The molecule has 0 spiro atoms. The predicted molar refractivity (Wildman–Crippen MR) is 82.0 cm³/mol. The van der Waals surface area contributed by atoms with Crippen LogP contribution in [0.5, 0.6) is 0 Å². The Morgan fingerprint density at radius 3 is 2.74 bits per heavy atom. The zero-order chi connectivity index (χ0) is 13.2. The fourth-order valence-electron chi connectivity index (χ4n) is 2.83. The van der Waals surface area contributed by atoms with Crippen LogP contribution < -0.4 is 4.90 Å². The van der Waals surface area contributed by atoms with Crippen LogP contribution in [-0.4, -0.2) is 0 Å². The standard InChI is InChI=1S/C18H19N/c1-3-15-9-4-5-12-17(15)19-13-7-11-16-10-6-8-14(2)18(16)19/h4-10,12-13H,3,11H2,1-2H3. The molecule has 0 unspecified atom stereocenters. The maximum atomic E-state index is 2.34. The molecule has 2 aromatic rings. The first-order valence-corrected chi connectivity index (χ1v) is 6.93. The van der Waals surface area contributed by atoms with Crippen LogP contribution >= 0.6 is 0 Å². The van der Waals surface area contributed by atoms with Crippen molar-refractivity contribution in [2.75, 3.05) is 4.90 Å². The van der Waals surface area contributed by atoms with Crippen LogP contribution in [0.2, 0.25) is 0 Å². The Morgan fingerprint density at radius 2 is 1.89 bits per heavy atom. The number of nitrogens with zero attached hydrogens (tertiary/aromatic N) is 1. The SMILES string of the molecule is CCc1ccccc1N1C=CCc2cccc(C)c21. The van der Waals surface area contributed by atoms with Crippen LogP contribution in [0.25, 0.3) is 0 Å². The van der Waals surface area contributed by atoms with Gasteiger partial charge in [0, 0.05) is 11.9 Å². The van der Waals surface area contributed by atoms with Gasteiger partial charge in [-0.15, -0.1) is 0 Å². The van der Waals surface area contributed by atoms with E-state index < -0.39 is 0 Å². The van der Waals surface area contributed by atoms with E-state index in [1.165, 1.54) is 28.1 Å². The van der Waals surface area contributed by atoms with Gasteiger partial charge in [0.2, 0.25) is 0 Å². The highest BCUT2D eigenvalue weighted by Crippen LogP contribution is 2.36. The molecule has 1 aliphatic rings. The summed E-state index contributed by atoms with van der Waals surface area (Å²) in [5.41, 5.74) is 6.80. The van der Waals surface area contributed by atoms with Gasteiger partial charge in [-0.05, 0) is 42.5 Å². The molecular weight excluding hydrogens is 230 g/mol. The van der Waals surface area contributed by atoms with Crippen molar-refractivity contribution in [3.63, 3.8) is 0 Å². The Kier molecular flexibility index (Phi) is 3.12. The van der Waals surface area contributed by atoms with Gasteiger partial charge in [-0.2, -0.15) is 0 Å². The smallest absolute Gasteiger partial charge is 0.0519 e. The van der Waals surface area contributed by atoms with Crippen molar-refractivity contribution in [1.29, 1.82) is 0 Å². The molecule has 1 heteroatoms. The van der Waals surface area contributed by atoms with Crippen molar-refractivity contribution in [3.05, 3.63) is 71.4 Å². The lowest BCUT2D eigenvalue weighted by atomic mass is 9.99. The summed E-state index contributed by atoms with van der Waals surface area (Å²) in [4.78, 5) is 2.34. The second kappa shape index (κ2) is 4.93. The van der Waals surface area contributed by atoms with Gasteiger partial charge in [0.25, 0.3) is 0 Å². The van der Waals surface area contributed by atoms with Crippen molar-refractivity contribution in [3.8, 4) is 0 Å². The van der Waals surface area contributed by atoms with Crippen molar-refractivity contribution < 1.29 is 0 Å². The molecule has 96 valence electrons. The second-order valence-corrected chi connectivity index (χ2v) is 5.02. The van der Waals surface area contributed by atoms with E-state index in [0.717, 1.165) is 12.8 Å². The predicted octanol–water partition coefficient (Wildman–Crippen LogP) is 4.77. The Bertz CT molecular complexity index is 625. The van der Waals surface area contributed by atoms with Gasteiger partial charge in [0.05, 0.1) is 5.69 Å². The van der Waals surface area contributed by atoms with E-state index in [4.69, 9.17) is 0 Å². The number of fused-ring (bicyclic) bond motifs is 1. The number of rotatable bonds is 2. The average molecular weight is 249 g/mol. The highest BCUT2D eigenvalue weighted by molar-refractivity contribution is 5.75. The van der Waals surface area contributed by atoms with Crippen LogP contribution in [-0.2, 0) is 12.8 Å². The van der Waals surface area contributed by atoms with Crippen molar-refractivity contribution in [2.45, 2.75) is 26.7 Å². The quantitative estimate of drug-likeness (QED) is 0.741. The van der Waals surface area contributed by atoms with Gasteiger partial charge in [-0.1, -0.05) is 49.4 Å². The summed E-state index contributed by atoms with van der Waals surface area (Å²) in [6.07, 6.45) is 6.54. The molecule has 1 heterocycles. The molecule has 0 atom stereocenters. The number of anilines is 2. The third kappa shape index (κ3) is 2.06. The molecule has 19 heavy (non-hydrogen) atoms. The van der Waals surface area contributed by atoms with E-state index in [0.29, 0.717) is 0 Å². The van der Waals surface area contributed by atoms with Gasteiger partial charge >= 0.3 is 0 Å². The van der Waals surface area contributed by atoms with Crippen LogP contribution in [0.4, 0.5) is 11.4 Å². The second-order valence-electron chi connectivity index (χ2n) is 5.02. The van der Waals surface area contributed by atoms with Crippen LogP contribution in [0.3, 0.4) is 0 Å². The zero-order valence-corrected chi connectivity index (χ0v) is 11.6. The Balaban J connectivity index is 2.17. The number of benzene rings is 2. The molecule has 1 nitrogen and oxygen atoms in total. The molecular formula is C18H19N. The minimum atomic E-state index is 1.03. The minimum absolute atomic E-state index is 1.03. The zero-order valence-electron chi connectivity index (χ0n) is 11.6. The van der Waals surface area contributed by atoms with E-state index in [2.05, 4.69) is 73.5 Å². The average Bonchev–Trinajstić information content (AvgIpc) is 2.47. The maximum absolute atomic E-state index is 2.34. The first-order valence-electron chi connectivity index (χ1n) is 6.93. The lowest BCUT2D eigenvalue weighted by Gasteiger charge is -2.30. The van der Waals surface area contributed by atoms with Gasteiger partial charge in [-0.25, -0.2) is 0 Å². The summed E-state index contributed by atoms with van der Waals surface area (Å²) in [5, 5.41) is 0. The molecule has 0 saturated carbocycles. The molecule has 0 amide bonds. The summed E-state index contributed by atoms with van der Waals surface area (Å²) < 4.78 is 0. The molecule has 0 aliphatic carbocycles. The Labute approximate surface area is 115 Å². The van der Waals surface area contributed by atoms with E-state index in [1.807, 2.05) is 0 Å². The number of allylic oxidation sites excluding steroid dienone is 1. The monoisotopic (exact) mass is 249 g/mol. The fraction of sp³-hybridized carbons (Fsp3) is 0.222. The van der Waals surface area contributed by atoms with E-state index in [-0.39, 0.29) is 0 Å². The van der Waals surface area contributed by atoms with Crippen molar-refractivity contribution >= 4 is 11.4 Å². The van der Waals surface area contributed by atoms with Gasteiger partial charge in [0.15, 0.2) is 0 Å². The summed E-state index contributed by atoms with van der Waals surface area (Å²) in [6, 6.07) is 15.2. The van der Waals surface area contributed by atoms with Crippen molar-refractivity contribution in [2.24, 2.45) is 0 Å². The first-order chi connectivity index (χ1) is 9.31. The van der Waals surface area contributed by atoms with Crippen LogP contribution in [0.1, 0.15) is 23.6 Å². The van der Waals surface area contributed by atoms with Gasteiger partial charge in [-0.3, -0.25) is 0 Å². The summed E-state index contributed by atoms with van der Waals surface area (Å²) in [5.74, 6) is 0. The Hall–Kier alpha value is -2.02. The number of aryl methyl sites for hydroxylation is 2. The number of hydrogen-bond donors (Lipinski definition) is 0. The lowest BCUT2D eigenvalue weighted by molar-refractivity contribution is 1.07. The highest BCUT2D eigenvalue weighted by atomic mass is 15.1. The molecule has 0 saturated heterocycles. The summed E-state index contributed by atoms with van der Waals surface area (Å²) in [7, 11) is 0. The molecule has 0 aromatic heterocycles. The van der Waals surface area contributed by atoms with Crippen molar-refractivity contribution in [1.82, 2.24) is 0 Å². The molecule has 1 aliphatic heterocycles. The van der Waals surface area contributed by atoms with Crippen LogP contribution in [0, 0.1) is 6.92 Å². The normalized spacial score (nSPS) is 13.5. The fourth-order valence-corrected chi connectivity index (χ4v) is 2.83. The lowest BCUT2D eigenvalue weighted by Crippen LogP contribution is -2.16. The van der Waals surface area contributed by atoms with E-state index in [9.17, 15) is 0 Å². The first kappa shape index (κ1) is 12.0. The number of para-hydroxylation sites is 2. The maximum Gasteiger partial charge on any atom is 0.0519 e. The summed E-state index contributed by atoms with van der Waals surface area (Å²) in [6.45, 7) is 4.41. The topological polar surface area (TPSA) is 3.24 Å². The summed E-state index contributed by atoms with van der Waals surface area (Å²) >= 11 is 0. The van der Waals surface area contributed by atoms with E-state index in [1.54, 1.807) is 0 Å². The number of hydrogen-bond acceptors (Lipinski definition) is 1. The van der Waals surface area contributed by atoms with E-state index >= 15 is 0 Å². The molecule has 3 rings (SSSR count). The van der Waals surface area contributed by atoms with Crippen LogP contribution in [0.15, 0.2) is 54.7 Å². The van der Waals surface area contributed by atoms with Gasteiger partial charge < -0.3 is 4.90 Å². The molecule has 0 bridgehead atoms. The minimum Gasteiger partial charge on any atom is -0.317 e. The Morgan fingerprint density at radius 1 is 1.05 bits per heavy atom. The molecule has 0 N–H and O–H groups in total. The van der Waals surface area contributed by atoms with Gasteiger partial charge in [0.1, 0.15) is 0 Å². The molecule has 0 radical (unpaired) electrons. The highest BCUT2D eigenvalue weighted by Gasteiger charge is 2.17. The third-order valence-corrected chi connectivity index (χ3v) is 3.79. The molecule has 0 fully saturated rings.